The fourth-order valence-electron chi connectivity index (χ4n) is 7.35. The van der Waals surface area contributed by atoms with Crippen molar-refractivity contribution in [1.82, 2.24) is 5.32 Å². The van der Waals surface area contributed by atoms with Crippen molar-refractivity contribution in [3.63, 3.8) is 0 Å². The summed E-state index contributed by atoms with van der Waals surface area (Å²) in [4.78, 5) is 18.2. The lowest BCUT2D eigenvalue weighted by atomic mass is 9.44. The lowest BCUT2D eigenvalue weighted by Crippen LogP contribution is -2.54. The first kappa shape index (κ1) is 20.1. The first-order valence-corrected chi connectivity index (χ1v) is 11.4. The van der Waals surface area contributed by atoms with Gasteiger partial charge in [0.05, 0.1) is 5.71 Å². The zero-order chi connectivity index (χ0) is 19.9. The number of hydrogen-bond donors (Lipinski definition) is 1. The van der Waals surface area contributed by atoms with Crippen LogP contribution in [0, 0.1) is 34.5 Å². The summed E-state index contributed by atoms with van der Waals surface area (Å²) >= 11 is 0. The predicted molar refractivity (Wildman–Crippen MR) is 113 cm³/mol. The number of fused-ring (bicyclic) bond motifs is 5. The topological polar surface area (TPSA) is 50.7 Å². The van der Waals surface area contributed by atoms with Crippen molar-refractivity contribution < 1.29 is 9.63 Å². The molecule has 0 aromatic heterocycles. The molecule has 0 aromatic carbocycles. The minimum absolute atomic E-state index is 0.0485. The normalized spacial score (nSPS) is 44.2. The van der Waals surface area contributed by atoms with E-state index in [-0.39, 0.29) is 5.41 Å². The second-order valence-corrected chi connectivity index (χ2v) is 10.4. The minimum atomic E-state index is -0.0485. The van der Waals surface area contributed by atoms with Crippen LogP contribution < -0.4 is 5.32 Å². The van der Waals surface area contributed by atoms with E-state index < -0.39 is 0 Å². The number of hydrogen-bond acceptors (Lipinski definition) is 4. The number of allylic oxidation sites excluding steroid dienone is 1. The van der Waals surface area contributed by atoms with E-state index in [0.717, 1.165) is 57.4 Å². The molecule has 0 amide bonds. The standard InChI is InChI=1S/C24H38N2O2/c1-16-14-18-19-6-7-22(27)24(19,3)11-9-20(18)23(2)10-8-17(15-21(16)23)26-28-13-5-12-25-4/h18-21,25H,1,5-15H2,2-4H3/b26-17-/t18-,19-,20-,21?,23+,24-/m0/s1. The predicted octanol–water partition coefficient (Wildman–Crippen LogP) is 4.75. The molecule has 0 spiro atoms. The third-order valence-electron chi connectivity index (χ3n) is 9.03. The number of nitrogens with zero attached hydrogens (tertiary/aromatic N) is 1. The van der Waals surface area contributed by atoms with E-state index in [4.69, 9.17) is 4.84 Å². The van der Waals surface area contributed by atoms with E-state index in [2.05, 4.69) is 30.9 Å². The van der Waals surface area contributed by atoms with Crippen LogP contribution in [0.2, 0.25) is 0 Å². The van der Waals surface area contributed by atoms with Crippen molar-refractivity contribution in [2.75, 3.05) is 20.2 Å². The molecule has 4 saturated carbocycles. The van der Waals surface area contributed by atoms with Gasteiger partial charge in [-0.2, -0.15) is 0 Å². The molecule has 6 atom stereocenters. The van der Waals surface area contributed by atoms with Crippen LogP contribution in [0.4, 0.5) is 0 Å². The number of ketones is 1. The number of Topliss-reactive ketones (excluding diaryl/α,β-unsaturated/α-hetero) is 1. The summed E-state index contributed by atoms with van der Waals surface area (Å²) in [5, 5.41) is 7.63. The number of oxime groups is 1. The van der Waals surface area contributed by atoms with Gasteiger partial charge in [0.25, 0.3) is 0 Å². The average molecular weight is 387 g/mol. The third-order valence-corrected chi connectivity index (χ3v) is 9.03. The van der Waals surface area contributed by atoms with Crippen molar-refractivity contribution >= 4 is 11.5 Å². The summed E-state index contributed by atoms with van der Waals surface area (Å²) in [6.07, 6.45) is 9.60. The largest absolute Gasteiger partial charge is 0.396 e. The molecule has 0 radical (unpaired) electrons. The zero-order valence-corrected chi connectivity index (χ0v) is 18.1. The Labute approximate surface area is 170 Å². The maximum absolute atomic E-state index is 12.6. The van der Waals surface area contributed by atoms with Crippen LogP contribution in [0.1, 0.15) is 71.6 Å². The fraction of sp³-hybridized carbons (Fsp3) is 0.833. The molecule has 4 aliphatic carbocycles. The highest BCUT2D eigenvalue weighted by atomic mass is 16.6. The maximum atomic E-state index is 12.6. The minimum Gasteiger partial charge on any atom is -0.396 e. The Morgan fingerprint density at radius 1 is 1.18 bits per heavy atom. The van der Waals surface area contributed by atoms with Gasteiger partial charge in [0, 0.05) is 11.8 Å². The van der Waals surface area contributed by atoms with E-state index in [1.165, 1.54) is 24.1 Å². The molecular formula is C24H38N2O2. The summed E-state index contributed by atoms with van der Waals surface area (Å²) in [7, 11) is 1.96. The molecule has 1 N–H and O–H groups in total. The smallest absolute Gasteiger partial charge is 0.139 e. The maximum Gasteiger partial charge on any atom is 0.139 e. The molecule has 0 aliphatic heterocycles. The van der Waals surface area contributed by atoms with E-state index in [1.54, 1.807) is 0 Å². The van der Waals surface area contributed by atoms with Gasteiger partial charge in [0.1, 0.15) is 12.4 Å². The van der Waals surface area contributed by atoms with Crippen molar-refractivity contribution in [1.29, 1.82) is 0 Å². The molecule has 0 aromatic rings. The van der Waals surface area contributed by atoms with Gasteiger partial charge in [-0.15, -0.1) is 0 Å². The molecule has 0 saturated heterocycles. The molecule has 28 heavy (non-hydrogen) atoms. The first-order chi connectivity index (χ1) is 13.4. The van der Waals surface area contributed by atoms with Crippen LogP contribution >= 0.6 is 0 Å². The Kier molecular flexibility index (Phi) is 5.45. The van der Waals surface area contributed by atoms with E-state index in [0.29, 0.717) is 35.6 Å². The molecule has 4 rings (SSSR count). The molecule has 4 heteroatoms. The zero-order valence-electron chi connectivity index (χ0n) is 18.1. The van der Waals surface area contributed by atoms with E-state index in [1.807, 2.05) is 7.05 Å². The van der Waals surface area contributed by atoms with Gasteiger partial charge in [-0.05, 0) is 94.0 Å². The molecule has 0 bridgehead atoms. The molecule has 156 valence electrons. The van der Waals surface area contributed by atoms with E-state index >= 15 is 0 Å². The third kappa shape index (κ3) is 3.16. The van der Waals surface area contributed by atoms with Gasteiger partial charge in [-0.3, -0.25) is 4.79 Å². The van der Waals surface area contributed by atoms with E-state index in [9.17, 15) is 4.79 Å². The SMILES string of the molecule is C=C1C[C@@H]2[C@H](CC[C@]3(C)C(=O)CC[C@@H]23)[C@@]2(C)CC/C(=N/OCCCNC)CC12. The lowest BCUT2D eigenvalue weighted by Gasteiger charge is -2.60. The molecule has 4 nitrogen and oxygen atoms in total. The van der Waals surface area contributed by atoms with Gasteiger partial charge < -0.3 is 10.2 Å². The highest BCUT2D eigenvalue weighted by Gasteiger charge is 2.60. The molecule has 4 aliphatic rings. The van der Waals surface area contributed by atoms with Crippen molar-refractivity contribution in [2.24, 2.45) is 39.7 Å². The second kappa shape index (κ2) is 7.59. The highest BCUT2D eigenvalue weighted by Crippen LogP contribution is 2.66. The van der Waals surface area contributed by atoms with Crippen LogP contribution in [-0.4, -0.2) is 31.7 Å². The summed E-state index contributed by atoms with van der Waals surface area (Å²) in [6.45, 7) is 11.0. The van der Waals surface area contributed by atoms with Gasteiger partial charge in [0.15, 0.2) is 0 Å². The van der Waals surface area contributed by atoms with Crippen molar-refractivity contribution in [3.05, 3.63) is 12.2 Å². The van der Waals surface area contributed by atoms with Crippen LogP contribution in [0.5, 0.6) is 0 Å². The number of carbonyl (C=O) groups is 1. The molecule has 0 heterocycles. The molecule has 4 fully saturated rings. The highest BCUT2D eigenvalue weighted by molar-refractivity contribution is 5.87. The van der Waals surface area contributed by atoms with Gasteiger partial charge >= 0.3 is 0 Å². The van der Waals surface area contributed by atoms with Crippen LogP contribution in [0.3, 0.4) is 0 Å². The van der Waals surface area contributed by atoms with Crippen LogP contribution in [0.15, 0.2) is 17.3 Å². The average Bonchev–Trinajstić information content (AvgIpc) is 2.98. The lowest BCUT2D eigenvalue weighted by molar-refractivity contribution is -0.134. The fourth-order valence-corrected chi connectivity index (χ4v) is 7.35. The van der Waals surface area contributed by atoms with Gasteiger partial charge in [-0.25, -0.2) is 0 Å². The summed E-state index contributed by atoms with van der Waals surface area (Å²) in [5.74, 6) is 3.05. The van der Waals surface area contributed by atoms with Gasteiger partial charge in [-0.1, -0.05) is 31.2 Å². The summed E-state index contributed by atoms with van der Waals surface area (Å²) < 4.78 is 0. The Morgan fingerprint density at radius 2 is 2.00 bits per heavy atom. The number of rotatable bonds is 5. The quantitative estimate of drug-likeness (QED) is 0.421. The second-order valence-electron chi connectivity index (χ2n) is 10.4. The number of carbonyl (C=O) groups excluding carboxylic acids is 1. The summed E-state index contributed by atoms with van der Waals surface area (Å²) in [5.41, 5.74) is 2.91. The molecule has 1 unspecified atom stereocenters. The van der Waals surface area contributed by atoms with Crippen molar-refractivity contribution in [3.8, 4) is 0 Å². The Balaban J connectivity index is 1.48. The Morgan fingerprint density at radius 3 is 2.79 bits per heavy atom. The monoisotopic (exact) mass is 386 g/mol. The number of nitrogens with one attached hydrogen (secondary N) is 1. The van der Waals surface area contributed by atoms with Crippen LogP contribution in [-0.2, 0) is 9.63 Å². The first-order valence-electron chi connectivity index (χ1n) is 11.4. The van der Waals surface area contributed by atoms with Crippen LogP contribution in [0.25, 0.3) is 0 Å². The Bertz CT molecular complexity index is 672. The Hall–Kier alpha value is -1.16. The van der Waals surface area contributed by atoms with Gasteiger partial charge in [0.2, 0.25) is 0 Å². The summed E-state index contributed by atoms with van der Waals surface area (Å²) in [6, 6.07) is 0. The van der Waals surface area contributed by atoms with Crippen molar-refractivity contribution in [2.45, 2.75) is 71.6 Å². The molecular weight excluding hydrogens is 348 g/mol.